The molecule has 0 bridgehead atoms. The van der Waals surface area contributed by atoms with Gasteiger partial charge in [0.05, 0.1) is 11.0 Å². The Balaban J connectivity index is 2.36. The van der Waals surface area contributed by atoms with Gasteiger partial charge < -0.3 is 4.74 Å². The van der Waals surface area contributed by atoms with Gasteiger partial charge in [0.15, 0.2) is 0 Å². The number of nitrogens with two attached hydrogens (primary N) is 1. The van der Waals surface area contributed by atoms with E-state index in [1.807, 2.05) is 26.8 Å². The van der Waals surface area contributed by atoms with Gasteiger partial charge in [-0.2, -0.15) is 0 Å². The van der Waals surface area contributed by atoms with Crippen LogP contribution in [0.2, 0.25) is 0 Å². The summed E-state index contributed by atoms with van der Waals surface area (Å²) in [4.78, 5) is 0.214. The third kappa shape index (κ3) is 3.98. The molecule has 4 nitrogen and oxygen atoms in total. The van der Waals surface area contributed by atoms with Crippen molar-refractivity contribution >= 4 is 10.0 Å². The number of sulfonamides is 1. The van der Waals surface area contributed by atoms with Crippen molar-refractivity contribution in [2.75, 3.05) is 0 Å². The molecule has 0 aliphatic heterocycles. The predicted molar refractivity (Wildman–Crippen MR) is 84.1 cm³/mol. The highest BCUT2D eigenvalue weighted by Crippen LogP contribution is 2.32. The van der Waals surface area contributed by atoms with Gasteiger partial charge in [0.2, 0.25) is 10.0 Å². The van der Waals surface area contributed by atoms with Gasteiger partial charge in [-0.05, 0) is 61.8 Å². The summed E-state index contributed by atoms with van der Waals surface area (Å²) in [6.07, 6.45) is 6.09. The van der Waals surface area contributed by atoms with Gasteiger partial charge >= 0.3 is 0 Å². The van der Waals surface area contributed by atoms with Crippen molar-refractivity contribution in [1.29, 1.82) is 0 Å². The third-order valence-corrected chi connectivity index (χ3v) is 5.05. The highest BCUT2D eigenvalue weighted by molar-refractivity contribution is 7.89. The van der Waals surface area contributed by atoms with Gasteiger partial charge in [0, 0.05) is 0 Å². The Hall–Kier alpha value is -1.07. The van der Waals surface area contributed by atoms with E-state index >= 15 is 0 Å². The van der Waals surface area contributed by atoms with E-state index in [1.54, 1.807) is 6.07 Å². The van der Waals surface area contributed by atoms with Gasteiger partial charge in [-0.1, -0.05) is 20.3 Å². The molecule has 1 aliphatic rings. The normalized spacial score (nSPS) is 17.2. The first-order valence-corrected chi connectivity index (χ1v) is 9.17. The molecule has 0 amide bonds. The molecule has 1 aromatic carbocycles. The lowest BCUT2D eigenvalue weighted by Gasteiger charge is -2.25. The number of aryl methyl sites for hydroxylation is 1. The number of benzene rings is 1. The minimum atomic E-state index is -3.71. The summed E-state index contributed by atoms with van der Waals surface area (Å²) in [6.45, 7) is 5.80. The van der Waals surface area contributed by atoms with Gasteiger partial charge in [-0.15, -0.1) is 0 Å². The second-order valence-corrected chi connectivity index (χ2v) is 7.76. The first-order chi connectivity index (χ1) is 9.79. The van der Waals surface area contributed by atoms with Crippen molar-refractivity contribution < 1.29 is 13.2 Å². The first-order valence-electron chi connectivity index (χ1n) is 7.63. The Bertz CT molecular complexity index is 602. The van der Waals surface area contributed by atoms with E-state index in [0.29, 0.717) is 0 Å². The van der Waals surface area contributed by atoms with Crippen LogP contribution in [0.15, 0.2) is 17.0 Å². The second kappa shape index (κ2) is 6.36. The molecule has 118 valence electrons. The summed E-state index contributed by atoms with van der Waals surface area (Å²) < 4.78 is 29.6. The van der Waals surface area contributed by atoms with Crippen molar-refractivity contribution in [1.82, 2.24) is 0 Å². The Morgan fingerprint density at radius 3 is 2.33 bits per heavy atom. The molecule has 0 heterocycles. The maximum atomic E-state index is 11.7. The van der Waals surface area contributed by atoms with Crippen LogP contribution in [0.4, 0.5) is 0 Å². The lowest BCUT2D eigenvalue weighted by atomic mass is 9.97. The van der Waals surface area contributed by atoms with Crippen LogP contribution in [0.25, 0.3) is 0 Å². The van der Waals surface area contributed by atoms with Crippen LogP contribution in [0, 0.1) is 6.92 Å². The van der Waals surface area contributed by atoms with Crippen LogP contribution in [0.5, 0.6) is 5.75 Å². The fraction of sp³-hybridized carbons (Fsp3) is 0.625. The van der Waals surface area contributed by atoms with Crippen molar-refractivity contribution in [2.45, 2.75) is 69.8 Å². The van der Waals surface area contributed by atoms with E-state index in [1.165, 1.54) is 19.3 Å². The fourth-order valence-electron chi connectivity index (χ4n) is 2.86. The van der Waals surface area contributed by atoms with E-state index in [0.717, 1.165) is 29.7 Å². The quantitative estimate of drug-likeness (QED) is 0.925. The third-order valence-electron chi connectivity index (χ3n) is 4.08. The van der Waals surface area contributed by atoms with Crippen LogP contribution in [0.1, 0.15) is 63.0 Å². The molecular formula is C16H25NO3S. The lowest BCUT2D eigenvalue weighted by Crippen LogP contribution is -2.21. The number of hydrogen-bond acceptors (Lipinski definition) is 3. The van der Waals surface area contributed by atoms with Crippen molar-refractivity contribution in [3.8, 4) is 5.75 Å². The topological polar surface area (TPSA) is 69.4 Å². The molecule has 21 heavy (non-hydrogen) atoms. The van der Waals surface area contributed by atoms with E-state index in [9.17, 15) is 8.42 Å². The summed E-state index contributed by atoms with van der Waals surface area (Å²) in [5.74, 6) is 0.866. The molecule has 0 radical (unpaired) electrons. The average molecular weight is 311 g/mol. The fourth-order valence-corrected chi connectivity index (χ4v) is 3.83. The summed E-state index contributed by atoms with van der Waals surface area (Å²) >= 11 is 0. The van der Waals surface area contributed by atoms with Crippen LogP contribution in [0.3, 0.4) is 0 Å². The summed E-state index contributed by atoms with van der Waals surface area (Å²) in [5.41, 5.74) is 1.56. The number of ether oxygens (including phenoxy) is 1. The van der Waals surface area contributed by atoms with Crippen molar-refractivity contribution in [2.24, 2.45) is 5.14 Å². The summed E-state index contributed by atoms with van der Waals surface area (Å²) in [6, 6.07) is 3.50. The molecule has 0 saturated heterocycles. The standard InChI is InChI=1S/C16H25NO3S/c1-11(2)14-10-15(20-13-7-5-4-6-8-13)12(3)9-16(14)21(17,18)19/h9-11,13H,4-8H2,1-3H3,(H2,17,18,19). The summed E-state index contributed by atoms with van der Waals surface area (Å²) in [7, 11) is -3.71. The Labute approximate surface area is 127 Å². The zero-order chi connectivity index (χ0) is 15.6. The zero-order valence-electron chi connectivity index (χ0n) is 13.1. The molecule has 5 heteroatoms. The van der Waals surface area contributed by atoms with E-state index in [4.69, 9.17) is 9.88 Å². The average Bonchev–Trinajstić information content (AvgIpc) is 2.40. The maximum Gasteiger partial charge on any atom is 0.238 e. The number of rotatable bonds is 4. The first kappa shape index (κ1) is 16.3. The molecule has 1 aliphatic carbocycles. The minimum Gasteiger partial charge on any atom is -0.490 e. The molecule has 2 N–H and O–H groups in total. The molecule has 0 spiro atoms. The van der Waals surface area contributed by atoms with Crippen LogP contribution in [-0.4, -0.2) is 14.5 Å². The molecule has 0 aromatic heterocycles. The number of hydrogen-bond donors (Lipinski definition) is 1. The largest absolute Gasteiger partial charge is 0.490 e. The van der Waals surface area contributed by atoms with Gasteiger partial charge in [-0.3, -0.25) is 0 Å². The molecule has 1 aromatic rings. The second-order valence-electron chi connectivity index (χ2n) is 6.23. The van der Waals surface area contributed by atoms with E-state index in [-0.39, 0.29) is 16.9 Å². The minimum absolute atomic E-state index is 0.0765. The van der Waals surface area contributed by atoms with Crippen LogP contribution < -0.4 is 9.88 Å². The van der Waals surface area contributed by atoms with Gasteiger partial charge in [-0.25, -0.2) is 13.6 Å². The Morgan fingerprint density at radius 1 is 1.19 bits per heavy atom. The Kier molecular flexibility index (Phi) is 4.94. The van der Waals surface area contributed by atoms with Crippen molar-refractivity contribution in [3.05, 3.63) is 23.3 Å². The zero-order valence-corrected chi connectivity index (χ0v) is 13.9. The maximum absolute atomic E-state index is 11.7. The molecule has 0 unspecified atom stereocenters. The van der Waals surface area contributed by atoms with Gasteiger partial charge in [0.1, 0.15) is 5.75 Å². The predicted octanol–water partition coefficient (Wildman–Crippen LogP) is 3.48. The molecule has 0 atom stereocenters. The SMILES string of the molecule is Cc1cc(S(N)(=O)=O)c(C(C)C)cc1OC1CCCCC1. The lowest BCUT2D eigenvalue weighted by molar-refractivity contribution is 0.153. The van der Waals surface area contributed by atoms with E-state index < -0.39 is 10.0 Å². The molecular weight excluding hydrogens is 286 g/mol. The van der Waals surface area contributed by atoms with Crippen molar-refractivity contribution in [3.63, 3.8) is 0 Å². The molecule has 2 rings (SSSR count). The van der Waals surface area contributed by atoms with Crippen LogP contribution in [-0.2, 0) is 10.0 Å². The highest BCUT2D eigenvalue weighted by atomic mass is 32.2. The van der Waals surface area contributed by atoms with Gasteiger partial charge in [0.25, 0.3) is 0 Å². The smallest absolute Gasteiger partial charge is 0.238 e. The Morgan fingerprint density at radius 2 is 1.81 bits per heavy atom. The van der Waals surface area contributed by atoms with Crippen LogP contribution >= 0.6 is 0 Å². The highest BCUT2D eigenvalue weighted by Gasteiger charge is 2.21. The molecule has 1 saturated carbocycles. The van der Waals surface area contributed by atoms with E-state index in [2.05, 4.69) is 0 Å². The number of primary sulfonamides is 1. The molecule has 1 fully saturated rings. The summed E-state index contributed by atoms with van der Waals surface area (Å²) in [5, 5.41) is 5.33. The monoisotopic (exact) mass is 311 g/mol.